The average Bonchev–Trinajstić information content (AvgIpc) is 3.01. The van der Waals surface area contributed by atoms with Gasteiger partial charge < -0.3 is 19.9 Å². The number of carbonyl (C=O) groups excluding carboxylic acids is 1. The summed E-state index contributed by atoms with van der Waals surface area (Å²) in [5.74, 6) is -3.68. The number of nitrogens with one attached hydrogen (secondary N) is 2. The van der Waals surface area contributed by atoms with Crippen molar-refractivity contribution < 1.29 is 31.5 Å². The van der Waals surface area contributed by atoms with E-state index in [0.29, 0.717) is 19.3 Å². The lowest BCUT2D eigenvalue weighted by atomic mass is 10.2. The van der Waals surface area contributed by atoms with Gasteiger partial charge in [-0.15, -0.1) is 0 Å². The standard InChI is InChI=1S/C18H13F5N4O2/c19-11-6-9(26-17(28)27-4-1-5-27)7-12(20)15(11)29-13-2-3-24-16-14(13)10(8-25-16)18(21,22)23/h2-3,6-8H,1,4-5H2,(H,24,25)(H,26,28). The molecule has 4 rings (SSSR count). The van der Waals surface area contributed by atoms with E-state index in [9.17, 15) is 26.7 Å². The van der Waals surface area contributed by atoms with E-state index in [0.717, 1.165) is 30.8 Å². The fourth-order valence-corrected chi connectivity index (χ4v) is 2.90. The molecule has 3 aromatic rings. The predicted molar refractivity (Wildman–Crippen MR) is 92.7 cm³/mol. The van der Waals surface area contributed by atoms with Crippen LogP contribution in [0.3, 0.4) is 0 Å². The highest BCUT2D eigenvalue weighted by Gasteiger charge is 2.35. The summed E-state index contributed by atoms with van der Waals surface area (Å²) in [6.45, 7) is 1.10. The number of rotatable bonds is 3. The van der Waals surface area contributed by atoms with Crippen molar-refractivity contribution in [3.8, 4) is 11.5 Å². The molecule has 0 spiro atoms. The quantitative estimate of drug-likeness (QED) is 0.602. The molecule has 6 nitrogen and oxygen atoms in total. The molecule has 1 saturated heterocycles. The third-order valence-electron chi connectivity index (χ3n) is 4.45. The maximum absolute atomic E-state index is 14.4. The maximum Gasteiger partial charge on any atom is 0.418 e. The maximum atomic E-state index is 14.4. The number of pyridine rings is 1. The van der Waals surface area contributed by atoms with E-state index >= 15 is 0 Å². The Hall–Kier alpha value is -3.37. The number of aromatic nitrogens is 2. The van der Waals surface area contributed by atoms with Crippen LogP contribution in [0.1, 0.15) is 12.0 Å². The van der Waals surface area contributed by atoms with E-state index in [1.54, 1.807) is 0 Å². The minimum Gasteiger partial charge on any atom is -0.450 e. The number of hydrogen-bond donors (Lipinski definition) is 2. The second kappa shape index (κ2) is 6.90. The Morgan fingerprint density at radius 3 is 2.48 bits per heavy atom. The number of nitrogens with zero attached hydrogens (tertiary/aromatic N) is 2. The molecule has 1 aliphatic rings. The lowest BCUT2D eigenvalue weighted by Crippen LogP contribution is -2.44. The Balaban J connectivity index is 1.66. The number of likely N-dealkylation sites (tertiary alicyclic amines) is 1. The van der Waals surface area contributed by atoms with Crippen LogP contribution in [0.25, 0.3) is 11.0 Å². The molecule has 2 aromatic heterocycles. The van der Waals surface area contributed by atoms with Crippen LogP contribution in [0.15, 0.2) is 30.6 Å². The van der Waals surface area contributed by atoms with Crippen molar-refractivity contribution in [2.45, 2.75) is 12.6 Å². The molecule has 0 unspecified atom stereocenters. The van der Waals surface area contributed by atoms with Gasteiger partial charge in [-0.2, -0.15) is 13.2 Å². The number of amides is 2. The summed E-state index contributed by atoms with van der Waals surface area (Å²) in [6, 6.07) is 2.23. The Morgan fingerprint density at radius 2 is 1.90 bits per heavy atom. The minimum atomic E-state index is -4.72. The molecule has 2 amide bonds. The van der Waals surface area contributed by atoms with Crippen LogP contribution in [-0.2, 0) is 6.18 Å². The first kappa shape index (κ1) is 19.0. The van der Waals surface area contributed by atoms with Gasteiger partial charge in [0.15, 0.2) is 17.4 Å². The first-order chi connectivity index (χ1) is 13.7. The van der Waals surface area contributed by atoms with E-state index < -0.39 is 46.3 Å². The van der Waals surface area contributed by atoms with Gasteiger partial charge >= 0.3 is 12.2 Å². The molecule has 1 aromatic carbocycles. The number of halogens is 5. The lowest BCUT2D eigenvalue weighted by Gasteiger charge is -2.30. The summed E-state index contributed by atoms with van der Waals surface area (Å²) in [5.41, 5.74) is -1.36. The third kappa shape index (κ3) is 3.55. The zero-order chi connectivity index (χ0) is 20.8. The van der Waals surface area contributed by atoms with E-state index in [-0.39, 0.29) is 11.3 Å². The molecular weight excluding hydrogens is 399 g/mol. The van der Waals surface area contributed by atoms with Gasteiger partial charge in [0, 0.05) is 43.3 Å². The van der Waals surface area contributed by atoms with Crippen LogP contribution >= 0.6 is 0 Å². The highest BCUT2D eigenvalue weighted by Crippen LogP contribution is 2.40. The van der Waals surface area contributed by atoms with Crippen molar-refractivity contribution in [1.29, 1.82) is 0 Å². The molecule has 0 bridgehead atoms. The SMILES string of the molecule is O=C(Nc1cc(F)c(Oc2ccnc3[nH]cc(C(F)(F)F)c23)c(F)c1)N1CCC1. The normalized spacial score (nSPS) is 14.0. The van der Waals surface area contributed by atoms with E-state index in [2.05, 4.69) is 15.3 Å². The molecule has 0 aliphatic carbocycles. The average molecular weight is 412 g/mol. The zero-order valence-corrected chi connectivity index (χ0v) is 14.6. The second-order valence-electron chi connectivity index (χ2n) is 6.37. The first-order valence-corrected chi connectivity index (χ1v) is 8.50. The van der Waals surface area contributed by atoms with Crippen LogP contribution in [-0.4, -0.2) is 34.0 Å². The Bertz CT molecular complexity index is 1070. The summed E-state index contributed by atoms with van der Waals surface area (Å²) < 4.78 is 73.6. The van der Waals surface area contributed by atoms with Crippen LogP contribution in [0.5, 0.6) is 11.5 Å². The largest absolute Gasteiger partial charge is 0.450 e. The van der Waals surface area contributed by atoms with Gasteiger partial charge in [0.2, 0.25) is 0 Å². The van der Waals surface area contributed by atoms with Gasteiger partial charge in [-0.1, -0.05) is 0 Å². The molecule has 0 saturated carbocycles. The van der Waals surface area contributed by atoms with Crippen molar-refractivity contribution in [3.05, 3.63) is 47.8 Å². The Morgan fingerprint density at radius 1 is 1.21 bits per heavy atom. The van der Waals surface area contributed by atoms with E-state index in [4.69, 9.17) is 4.74 Å². The van der Waals surface area contributed by atoms with Crippen LogP contribution in [0, 0.1) is 11.6 Å². The molecule has 11 heteroatoms. The molecule has 2 N–H and O–H groups in total. The van der Waals surface area contributed by atoms with Gasteiger partial charge in [-0.3, -0.25) is 0 Å². The summed E-state index contributed by atoms with van der Waals surface area (Å²) in [7, 11) is 0. The number of benzene rings is 1. The zero-order valence-electron chi connectivity index (χ0n) is 14.6. The molecule has 29 heavy (non-hydrogen) atoms. The number of H-pyrrole nitrogens is 1. The number of ether oxygens (including phenoxy) is 1. The van der Waals surface area contributed by atoms with E-state index in [1.165, 1.54) is 4.90 Å². The highest BCUT2D eigenvalue weighted by atomic mass is 19.4. The van der Waals surface area contributed by atoms with Crippen molar-refractivity contribution >= 4 is 22.8 Å². The van der Waals surface area contributed by atoms with Crippen molar-refractivity contribution in [3.63, 3.8) is 0 Å². The molecule has 1 aliphatic heterocycles. The van der Waals surface area contributed by atoms with Crippen molar-refractivity contribution in [2.75, 3.05) is 18.4 Å². The van der Waals surface area contributed by atoms with Gasteiger partial charge in [-0.25, -0.2) is 18.6 Å². The minimum absolute atomic E-state index is 0.137. The van der Waals surface area contributed by atoms with Crippen molar-refractivity contribution in [2.24, 2.45) is 0 Å². The summed E-state index contributed by atoms with van der Waals surface area (Å²) >= 11 is 0. The van der Waals surface area contributed by atoms with Crippen LogP contribution < -0.4 is 10.1 Å². The number of carbonyl (C=O) groups is 1. The molecule has 1 fully saturated rings. The number of alkyl halides is 3. The predicted octanol–water partition coefficient (Wildman–Crippen LogP) is 4.89. The van der Waals surface area contributed by atoms with Crippen LogP contribution in [0.2, 0.25) is 0 Å². The highest BCUT2D eigenvalue weighted by molar-refractivity contribution is 5.90. The van der Waals surface area contributed by atoms with Gasteiger partial charge in [0.05, 0.1) is 10.9 Å². The molecule has 0 radical (unpaired) electrons. The number of aromatic amines is 1. The molecular formula is C18H13F5N4O2. The van der Waals surface area contributed by atoms with Gasteiger partial charge in [0.1, 0.15) is 11.4 Å². The summed E-state index contributed by atoms with van der Waals surface area (Å²) in [5, 5.41) is 1.91. The molecule has 152 valence electrons. The van der Waals surface area contributed by atoms with Crippen molar-refractivity contribution in [1.82, 2.24) is 14.9 Å². The lowest BCUT2D eigenvalue weighted by molar-refractivity contribution is -0.136. The van der Waals surface area contributed by atoms with Crippen LogP contribution in [0.4, 0.5) is 32.4 Å². The fourth-order valence-electron chi connectivity index (χ4n) is 2.90. The summed E-state index contributed by atoms with van der Waals surface area (Å²) in [6.07, 6.45) is -2.03. The number of anilines is 1. The Labute approximate surface area is 160 Å². The fraction of sp³-hybridized carbons (Fsp3) is 0.222. The third-order valence-corrected chi connectivity index (χ3v) is 4.45. The van der Waals surface area contributed by atoms with Gasteiger partial charge in [0.25, 0.3) is 0 Å². The number of hydrogen-bond acceptors (Lipinski definition) is 3. The van der Waals surface area contributed by atoms with Gasteiger partial charge in [-0.05, 0) is 12.5 Å². The first-order valence-electron chi connectivity index (χ1n) is 8.50. The topological polar surface area (TPSA) is 70.2 Å². The van der Waals surface area contributed by atoms with E-state index in [1.807, 2.05) is 0 Å². The monoisotopic (exact) mass is 412 g/mol. The molecule has 3 heterocycles. The smallest absolute Gasteiger partial charge is 0.418 e. The summed E-state index contributed by atoms with van der Waals surface area (Å²) in [4.78, 5) is 19.4. The number of urea groups is 1. The second-order valence-corrected chi connectivity index (χ2v) is 6.37. The Kier molecular flexibility index (Phi) is 4.52. The number of fused-ring (bicyclic) bond motifs is 1. The molecule has 0 atom stereocenters.